The molecule has 0 saturated carbocycles. The van der Waals surface area contributed by atoms with E-state index < -0.39 is 0 Å². The number of nitriles is 1. The quantitative estimate of drug-likeness (QED) is 0.843. The molecular weight excluding hydrogens is 332 g/mol. The summed E-state index contributed by atoms with van der Waals surface area (Å²) in [5, 5.41) is 11.8. The number of carbonyl (C=O) groups excluding carboxylic acids is 2. The lowest BCUT2D eigenvalue weighted by Gasteiger charge is -2.34. The fourth-order valence-corrected chi connectivity index (χ4v) is 2.65. The molecule has 2 amide bonds. The van der Waals surface area contributed by atoms with Gasteiger partial charge in [-0.1, -0.05) is 26.0 Å². The molecule has 7 nitrogen and oxygen atoms in total. The van der Waals surface area contributed by atoms with Crippen molar-refractivity contribution in [2.75, 3.05) is 44.6 Å². The van der Waals surface area contributed by atoms with E-state index in [4.69, 9.17) is 10.00 Å². The van der Waals surface area contributed by atoms with E-state index >= 15 is 0 Å². The molecule has 1 fully saturated rings. The van der Waals surface area contributed by atoms with Gasteiger partial charge in [-0.3, -0.25) is 9.69 Å². The molecule has 7 heteroatoms. The molecule has 1 saturated heterocycles. The van der Waals surface area contributed by atoms with Crippen LogP contribution in [-0.4, -0.2) is 61.1 Å². The maximum Gasteiger partial charge on any atom is 0.409 e. The molecule has 1 heterocycles. The van der Waals surface area contributed by atoms with Crippen LogP contribution in [0.3, 0.4) is 0 Å². The lowest BCUT2D eigenvalue weighted by molar-refractivity contribution is -0.116. The summed E-state index contributed by atoms with van der Waals surface area (Å²) >= 11 is 0. The predicted molar refractivity (Wildman–Crippen MR) is 98.6 cm³/mol. The maximum atomic E-state index is 12.1. The zero-order valence-corrected chi connectivity index (χ0v) is 15.4. The van der Waals surface area contributed by atoms with Gasteiger partial charge in [0.1, 0.15) is 6.07 Å². The van der Waals surface area contributed by atoms with Gasteiger partial charge in [0.05, 0.1) is 17.9 Å². The van der Waals surface area contributed by atoms with Crippen molar-refractivity contribution in [2.45, 2.75) is 20.3 Å². The molecule has 1 aromatic rings. The first kappa shape index (κ1) is 19.7. The summed E-state index contributed by atoms with van der Waals surface area (Å²) in [7, 11) is 0. The molecule has 0 atom stereocenters. The number of hydrogen-bond donors (Lipinski definition) is 1. The molecule has 0 radical (unpaired) electrons. The minimum absolute atomic E-state index is 0.119. The number of rotatable bonds is 6. The fraction of sp³-hybridized carbons (Fsp3) is 0.526. The van der Waals surface area contributed by atoms with Gasteiger partial charge in [0, 0.05) is 39.1 Å². The topological polar surface area (TPSA) is 85.7 Å². The van der Waals surface area contributed by atoms with Gasteiger partial charge in [0.25, 0.3) is 0 Å². The number of piperazine rings is 1. The van der Waals surface area contributed by atoms with E-state index in [-0.39, 0.29) is 12.0 Å². The minimum Gasteiger partial charge on any atom is -0.449 e. The molecule has 1 N–H and O–H groups in total. The Morgan fingerprint density at radius 1 is 1.23 bits per heavy atom. The Hall–Kier alpha value is -2.59. The van der Waals surface area contributed by atoms with E-state index in [0.717, 1.165) is 13.1 Å². The number of benzene rings is 1. The third kappa shape index (κ3) is 6.05. The van der Waals surface area contributed by atoms with E-state index in [1.165, 1.54) is 0 Å². The standard InChI is InChI=1S/C19H26N4O3/c1-15(2)14-26-19(25)23-11-9-22(10-12-23)8-7-18(24)21-17-6-4-3-5-16(17)13-20/h3-6,15H,7-12,14H2,1-2H3,(H,21,24). The van der Waals surface area contributed by atoms with Crippen LogP contribution in [0, 0.1) is 17.2 Å². The number of nitrogens with zero attached hydrogens (tertiary/aromatic N) is 3. The van der Waals surface area contributed by atoms with Crippen LogP contribution in [0.15, 0.2) is 24.3 Å². The third-order valence-electron chi connectivity index (χ3n) is 4.15. The summed E-state index contributed by atoms with van der Waals surface area (Å²) < 4.78 is 5.24. The molecule has 0 unspecified atom stereocenters. The van der Waals surface area contributed by atoms with Gasteiger partial charge in [-0.25, -0.2) is 4.79 Å². The molecule has 2 rings (SSSR count). The number of ether oxygens (including phenoxy) is 1. The molecule has 1 aliphatic rings. The molecule has 0 spiro atoms. The first-order valence-electron chi connectivity index (χ1n) is 8.92. The Bertz CT molecular complexity index is 661. The van der Waals surface area contributed by atoms with Gasteiger partial charge in [-0.2, -0.15) is 5.26 Å². The van der Waals surface area contributed by atoms with E-state index in [2.05, 4.69) is 16.3 Å². The second kappa shape index (κ2) is 9.78. The van der Waals surface area contributed by atoms with Crippen LogP contribution in [0.2, 0.25) is 0 Å². The van der Waals surface area contributed by atoms with Gasteiger partial charge in [-0.05, 0) is 18.1 Å². The van der Waals surface area contributed by atoms with Crippen LogP contribution in [0.25, 0.3) is 0 Å². The Kier molecular flexibility index (Phi) is 7.42. The molecule has 26 heavy (non-hydrogen) atoms. The predicted octanol–water partition coefficient (Wildman–Crippen LogP) is 2.30. The summed E-state index contributed by atoms with van der Waals surface area (Å²) in [4.78, 5) is 27.9. The number of hydrogen-bond acceptors (Lipinski definition) is 5. The first-order chi connectivity index (χ1) is 12.5. The number of para-hydroxylation sites is 1. The molecule has 0 bridgehead atoms. The van der Waals surface area contributed by atoms with Crippen molar-refractivity contribution in [1.82, 2.24) is 9.80 Å². The summed E-state index contributed by atoms with van der Waals surface area (Å²) in [6, 6.07) is 9.01. The van der Waals surface area contributed by atoms with Crippen LogP contribution in [0.5, 0.6) is 0 Å². The van der Waals surface area contributed by atoms with Crippen LogP contribution >= 0.6 is 0 Å². The average molecular weight is 358 g/mol. The lowest BCUT2D eigenvalue weighted by Crippen LogP contribution is -2.49. The van der Waals surface area contributed by atoms with Crippen LogP contribution < -0.4 is 5.32 Å². The molecule has 0 aliphatic carbocycles. The highest BCUT2D eigenvalue weighted by atomic mass is 16.6. The second-order valence-electron chi connectivity index (χ2n) is 6.76. The zero-order valence-electron chi connectivity index (χ0n) is 15.4. The van der Waals surface area contributed by atoms with Crippen molar-refractivity contribution in [3.8, 4) is 6.07 Å². The Morgan fingerprint density at radius 2 is 1.92 bits per heavy atom. The first-order valence-corrected chi connectivity index (χ1v) is 8.92. The number of carbonyl (C=O) groups is 2. The monoisotopic (exact) mass is 358 g/mol. The van der Waals surface area contributed by atoms with Gasteiger partial charge >= 0.3 is 6.09 Å². The average Bonchev–Trinajstić information content (AvgIpc) is 2.65. The minimum atomic E-state index is -0.260. The number of nitrogens with one attached hydrogen (secondary N) is 1. The van der Waals surface area contributed by atoms with Crippen LogP contribution in [0.4, 0.5) is 10.5 Å². The third-order valence-corrected chi connectivity index (χ3v) is 4.15. The molecule has 1 aliphatic heterocycles. The smallest absolute Gasteiger partial charge is 0.409 e. The summed E-state index contributed by atoms with van der Waals surface area (Å²) in [6.07, 6.45) is 0.0848. The summed E-state index contributed by atoms with van der Waals surface area (Å²) in [6.45, 7) is 7.72. The summed E-state index contributed by atoms with van der Waals surface area (Å²) in [5.41, 5.74) is 0.993. The lowest BCUT2D eigenvalue weighted by atomic mass is 10.2. The van der Waals surface area contributed by atoms with Gasteiger partial charge in [0.15, 0.2) is 0 Å². The SMILES string of the molecule is CC(C)COC(=O)N1CCN(CCC(=O)Nc2ccccc2C#N)CC1. The maximum absolute atomic E-state index is 12.1. The number of anilines is 1. The van der Waals surface area contributed by atoms with Crippen LogP contribution in [-0.2, 0) is 9.53 Å². The van der Waals surface area contributed by atoms with E-state index in [1.807, 2.05) is 13.8 Å². The molecule has 140 valence electrons. The Labute approximate surface area is 154 Å². The molecule has 1 aromatic carbocycles. The van der Waals surface area contributed by atoms with Crippen molar-refractivity contribution < 1.29 is 14.3 Å². The number of amides is 2. The van der Waals surface area contributed by atoms with Gasteiger partial charge in [0.2, 0.25) is 5.91 Å². The Morgan fingerprint density at radius 3 is 2.58 bits per heavy atom. The highest BCUT2D eigenvalue weighted by Crippen LogP contribution is 2.14. The highest BCUT2D eigenvalue weighted by molar-refractivity contribution is 5.92. The second-order valence-corrected chi connectivity index (χ2v) is 6.76. The van der Waals surface area contributed by atoms with E-state index in [0.29, 0.717) is 49.8 Å². The largest absolute Gasteiger partial charge is 0.449 e. The summed E-state index contributed by atoms with van der Waals surface area (Å²) in [5.74, 6) is 0.205. The van der Waals surface area contributed by atoms with Gasteiger partial charge < -0.3 is 15.0 Å². The zero-order chi connectivity index (χ0) is 18.9. The molecular formula is C19H26N4O3. The van der Waals surface area contributed by atoms with Crippen molar-refractivity contribution >= 4 is 17.7 Å². The highest BCUT2D eigenvalue weighted by Gasteiger charge is 2.22. The van der Waals surface area contributed by atoms with Crippen molar-refractivity contribution in [1.29, 1.82) is 5.26 Å². The van der Waals surface area contributed by atoms with Gasteiger partial charge in [-0.15, -0.1) is 0 Å². The fourth-order valence-electron chi connectivity index (χ4n) is 2.65. The van der Waals surface area contributed by atoms with Crippen molar-refractivity contribution in [2.24, 2.45) is 5.92 Å². The Balaban J connectivity index is 1.70. The van der Waals surface area contributed by atoms with E-state index in [9.17, 15) is 9.59 Å². The van der Waals surface area contributed by atoms with Crippen molar-refractivity contribution in [3.63, 3.8) is 0 Å². The van der Waals surface area contributed by atoms with Crippen molar-refractivity contribution in [3.05, 3.63) is 29.8 Å². The van der Waals surface area contributed by atoms with Crippen LogP contribution in [0.1, 0.15) is 25.8 Å². The molecule has 0 aromatic heterocycles. The van der Waals surface area contributed by atoms with E-state index in [1.54, 1.807) is 29.2 Å². The normalized spacial score (nSPS) is 14.8.